The third kappa shape index (κ3) is 3.19. The molecule has 2 aliphatic rings. The summed E-state index contributed by atoms with van der Waals surface area (Å²) in [5.41, 5.74) is 2.11. The van der Waals surface area contributed by atoms with Crippen LogP contribution >= 0.6 is 0 Å². The van der Waals surface area contributed by atoms with Gasteiger partial charge in [-0.2, -0.15) is 0 Å². The molecule has 0 amide bonds. The SMILES string of the molecule is CC(C)n1cc([C@@]2(O)CCN(CC3=Cc4ccccc4OC3)C2)nn1. The first kappa shape index (κ1) is 16.3. The third-order valence-corrected chi connectivity index (χ3v) is 4.96. The molecule has 1 atom stereocenters. The molecule has 0 unspecified atom stereocenters. The van der Waals surface area contributed by atoms with Gasteiger partial charge in [0.1, 0.15) is 23.7 Å². The molecule has 4 rings (SSSR count). The molecule has 0 aliphatic carbocycles. The Labute approximate surface area is 147 Å². The van der Waals surface area contributed by atoms with E-state index < -0.39 is 5.60 Å². The average molecular weight is 340 g/mol. The van der Waals surface area contributed by atoms with Gasteiger partial charge in [-0.25, -0.2) is 4.68 Å². The average Bonchev–Trinajstić information content (AvgIpc) is 3.23. The highest BCUT2D eigenvalue weighted by Gasteiger charge is 2.40. The van der Waals surface area contributed by atoms with Crippen molar-refractivity contribution >= 4 is 6.08 Å². The maximum atomic E-state index is 11.0. The Morgan fingerprint density at radius 3 is 2.96 bits per heavy atom. The van der Waals surface area contributed by atoms with Crippen molar-refractivity contribution in [2.45, 2.75) is 31.9 Å². The Hall–Kier alpha value is -2.18. The van der Waals surface area contributed by atoms with Crippen molar-refractivity contribution in [1.29, 1.82) is 0 Å². The molecule has 1 N–H and O–H groups in total. The molecule has 1 fully saturated rings. The van der Waals surface area contributed by atoms with E-state index in [0.717, 1.165) is 24.4 Å². The molecule has 1 aromatic carbocycles. The summed E-state index contributed by atoms with van der Waals surface area (Å²) in [7, 11) is 0. The number of aliphatic hydroxyl groups is 1. The van der Waals surface area contributed by atoms with Crippen molar-refractivity contribution in [2.75, 3.05) is 26.2 Å². The number of nitrogens with zero attached hydrogens (tertiary/aromatic N) is 4. The Balaban J connectivity index is 1.45. The van der Waals surface area contributed by atoms with E-state index in [4.69, 9.17) is 4.74 Å². The van der Waals surface area contributed by atoms with Crippen LogP contribution in [0.1, 0.15) is 37.6 Å². The number of hydrogen-bond acceptors (Lipinski definition) is 5. The molecule has 0 bridgehead atoms. The Kier molecular flexibility index (Phi) is 4.09. The van der Waals surface area contributed by atoms with E-state index in [2.05, 4.69) is 41.2 Å². The van der Waals surface area contributed by atoms with Crippen LogP contribution in [0.25, 0.3) is 6.08 Å². The number of rotatable bonds is 4. The monoisotopic (exact) mass is 340 g/mol. The largest absolute Gasteiger partial charge is 0.489 e. The predicted molar refractivity (Wildman–Crippen MR) is 95.3 cm³/mol. The standard InChI is InChI=1S/C19H24N4O2/c1-14(2)23-11-18(20-21-23)19(24)7-8-22(13-19)10-15-9-16-5-3-4-6-17(16)25-12-15/h3-6,9,11,14,24H,7-8,10,12-13H2,1-2H3/t19-/m1/s1. The first-order chi connectivity index (χ1) is 12.0. The lowest BCUT2D eigenvalue weighted by atomic mass is 10.00. The minimum atomic E-state index is -0.916. The number of benzene rings is 1. The maximum absolute atomic E-state index is 11.0. The Bertz CT molecular complexity index is 798. The zero-order valence-electron chi connectivity index (χ0n) is 14.7. The van der Waals surface area contributed by atoms with E-state index in [1.807, 2.05) is 24.4 Å². The molecule has 1 aromatic heterocycles. The van der Waals surface area contributed by atoms with Crippen LogP contribution in [0.5, 0.6) is 5.75 Å². The van der Waals surface area contributed by atoms with Crippen LogP contribution in [0.15, 0.2) is 36.0 Å². The van der Waals surface area contributed by atoms with Crippen LogP contribution in [0.2, 0.25) is 0 Å². The minimum Gasteiger partial charge on any atom is -0.489 e. The van der Waals surface area contributed by atoms with Gasteiger partial charge in [-0.1, -0.05) is 23.4 Å². The fraction of sp³-hybridized carbons (Fsp3) is 0.474. The number of fused-ring (bicyclic) bond motifs is 1. The molecule has 132 valence electrons. The molecule has 0 saturated carbocycles. The van der Waals surface area contributed by atoms with Gasteiger partial charge in [-0.05, 0) is 38.0 Å². The molecular formula is C19H24N4O2. The first-order valence-electron chi connectivity index (χ1n) is 8.82. The van der Waals surface area contributed by atoms with Crippen LogP contribution in [0.4, 0.5) is 0 Å². The summed E-state index contributed by atoms with van der Waals surface area (Å²) in [6.07, 6.45) is 4.74. The molecule has 6 heteroatoms. The van der Waals surface area contributed by atoms with E-state index in [0.29, 0.717) is 25.3 Å². The summed E-state index contributed by atoms with van der Waals surface area (Å²) >= 11 is 0. The summed E-state index contributed by atoms with van der Waals surface area (Å²) < 4.78 is 7.63. The van der Waals surface area contributed by atoms with Gasteiger partial charge < -0.3 is 9.84 Å². The zero-order valence-corrected chi connectivity index (χ0v) is 14.7. The van der Waals surface area contributed by atoms with E-state index in [1.54, 1.807) is 4.68 Å². The van der Waals surface area contributed by atoms with Crippen LogP contribution < -0.4 is 4.74 Å². The third-order valence-electron chi connectivity index (χ3n) is 4.96. The highest BCUT2D eigenvalue weighted by molar-refractivity contribution is 5.62. The molecule has 6 nitrogen and oxygen atoms in total. The van der Waals surface area contributed by atoms with Gasteiger partial charge in [0.25, 0.3) is 0 Å². The van der Waals surface area contributed by atoms with Crippen molar-refractivity contribution in [1.82, 2.24) is 19.9 Å². The van der Waals surface area contributed by atoms with Gasteiger partial charge in [-0.3, -0.25) is 4.90 Å². The lowest BCUT2D eigenvalue weighted by molar-refractivity contribution is 0.0424. The fourth-order valence-electron chi connectivity index (χ4n) is 3.50. The molecule has 0 spiro atoms. The highest BCUT2D eigenvalue weighted by atomic mass is 16.5. The van der Waals surface area contributed by atoms with Gasteiger partial charge in [0.15, 0.2) is 0 Å². The van der Waals surface area contributed by atoms with Crippen molar-refractivity contribution in [2.24, 2.45) is 0 Å². The first-order valence-corrected chi connectivity index (χ1v) is 8.82. The lowest BCUT2D eigenvalue weighted by Crippen LogP contribution is -2.33. The summed E-state index contributed by atoms with van der Waals surface area (Å²) in [6, 6.07) is 8.32. The summed E-state index contributed by atoms with van der Waals surface area (Å²) in [4.78, 5) is 2.26. The van der Waals surface area contributed by atoms with Gasteiger partial charge in [0.05, 0.1) is 6.20 Å². The second kappa shape index (κ2) is 6.28. The molecule has 1 saturated heterocycles. The molecule has 3 heterocycles. The number of hydrogen-bond donors (Lipinski definition) is 1. The molecule has 0 radical (unpaired) electrons. The topological polar surface area (TPSA) is 63.4 Å². The van der Waals surface area contributed by atoms with E-state index in [9.17, 15) is 5.11 Å². The van der Waals surface area contributed by atoms with E-state index in [-0.39, 0.29) is 6.04 Å². The number of likely N-dealkylation sites (tertiary alicyclic amines) is 1. The van der Waals surface area contributed by atoms with Crippen LogP contribution in [-0.2, 0) is 5.60 Å². The number of aromatic nitrogens is 3. The number of para-hydroxylation sites is 1. The van der Waals surface area contributed by atoms with Crippen molar-refractivity contribution in [3.8, 4) is 5.75 Å². The van der Waals surface area contributed by atoms with Crippen molar-refractivity contribution < 1.29 is 9.84 Å². The zero-order chi connectivity index (χ0) is 17.4. The molecular weight excluding hydrogens is 316 g/mol. The number of ether oxygens (including phenoxy) is 1. The van der Waals surface area contributed by atoms with E-state index in [1.165, 1.54) is 5.57 Å². The fourth-order valence-corrected chi connectivity index (χ4v) is 3.50. The molecule has 2 aromatic rings. The summed E-state index contributed by atoms with van der Waals surface area (Å²) in [6.45, 7) is 6.92. The predicted octanol–water partition coefficient (Wildman–Crippen LogP) is 2.23. The quantitative estimate of drug-likeness (QED) is 0.925. The van der Waals surface area contributed by atoms with Gasteiger partial charge >= 0.3 is 0 Å². The van der Waals surface area contributed by atoms with Crippen LogP contribution in [-0.4, -0.2) is 51.2 Å². The summed E-state index contributed by atoms with van der Waals surface area (Å²) in [5.74, 6) is 0.939. The van der Waals surface area contributed by atoms with Crippen LogP contribution in [0.3, 0.4) is 0 Å². The second-order valence-corrected chi connectivity index (χ2v) is 7.30. The molecule has 2 aliphatic heterocycles. The van der Waals surface area contributed by atoms with Gasteiger partial charge in [0, 0.05) is 31.2 Å². The van der Waals surface area contributed by atoms with E-state index >= 15 is 0 Å². The normalized spacial score (nSPS) is 23.4. The second-order valence-electron chi connectivity index (χ2n) is 7.30. The maximum Gasteiger partial charge on any atom is 0.127 e. The van der Waals surface area contributed by atoms with Crippen molar-refractivity contribution in [3.05, 3.63) is 47.3 Å². The molecule has 25 heavy (non-hydrogen) atoms. The lowest BCUT2D eigenvalue weighted by Gasteiger charge is -2.24. The minimum absolute atomic E-state index is 0.243. The smallest absolute Gasteiger partial charge is 0.127 e. The summed E-state index contributed by atoms with van der Waals surface area (Å²) in [5, 5.41) is 19.3. The van der Waals surface area contributed by atoms with Gasteiger partial charge in [0.2, 0.25) is 0 Å². The van der Waals surface area contributed by atoms with Crippen molar-refractivity contribution in [3.63, 3.8) is 0 Å². The Morgan fingerprint density at radius 2 is 2.16 bits per heavy atom. The van der Waals surface area contributed by atoms with Gasteiger partial charge in [-0.15, -0.1) is 5.10 Å². The highest BCUT2D eigenvalue weighted by Crippen LogP contribution is 2.32. The Morgan fingerprint density at radius 1 is 1.32 bits per heavy atom. The number of β-amino-alcohol motifs (C(OH)–C–C–N with tert-alkyl or cyclic N) is 1. The van der Waals surface area contributed by atoms with Crippen LogP contribution in [0, 0.1) is 0 Å².